The smallest absolute Gasteiger partial charge is 0.325 e. The molecule has 0 bridgehead atoms. The molecule has 0 aliphatic heterocycles. The Labute approximate surface area is 157 Å². The molecule has 0 radical (unpaired) electrons. The van der Waals surface area contributed by atoms with E-state index in [1.54, 1.807) is 14.1 Å². The third kappa shape index (κ3) is 5.49. The minimum atomic E-state index is -0.918. The van der Waals surface area contributed by atoms with Crippen molar-refractivity contribution < 1.29 is 18.8 Å². The van der Waals surface area contributed by atoms with Gasteiger partial charge in [-0.15, -0.1) is 10.2 Å². The van der Waals surface area contributed by atoms with E-state index in [0.717, 1.165) is 23.1 Å². The van der Waals surface area contributed by atoms with Crippen LogP contribution in [0.15, 0.2) is 28.6 Å². The third-order valence-corrected chi connectivity index (χ3v) is 5.21. The summed E-state index contributed by atoms with van der Waals surface area (Å²) in [6.07, 6.45) is 0. The number of hydrogen-bond acceptors (Lipinski definition) is 7. The van der Waals surface area contributed by atoms with Gasteiger partial charge in [0, 0.05) is 19.8 Å². The summed E-state index contributed by atoms with van der Waals surface area (Å²) in [7, 11) is 3.12. The van der Waals surface area contributed by atoms with E-state index in [4.69, 9.17) is 0 Å². The van der Waals surface area contributed by atoms with Gasteiger partial charge in [-0.05, 0) is 31.2 Å². The average Bonchev–Trinajstić information content (AvgIpc) is 3.00. The Bertz CT molecular complexity index is 810. The number of carbonyl (C=O) groups is 3. The van der Waals surface area contributed by atoms with Gasteiger partial charge in [0.2, 0.25) is 11.0 Å². The molecule has 1 aromatic carbocycles. The van der Waals surface area contributed by atoms with Gasteiger partial charge in [0.15, 0.2) is 10.1 Å². The minimum absolute atomic E-state index is 0.201. The molecule has 1 heterocycles. The first-order valence-corrected chi connectivity index (χ1v) is 9.01. The zero-order chi connectivity index (χ0) is 19.3. The molecule has 138 valence electrons. The van der Waals surface area contributed by atoms with Crippen molar-refractivity contribution in [2.24, 2.45) is 0 Å². The second-order valence-corrected chi connectivity index (χ2v) is 7.63. The van der Waals surface area contributed by atoms with Gasteiger partial charge in [0.1, 0.15) is 11.1 Å². The number of benzene rings is 1. The largest absolute Gasteiger partial charge is 0.347 e. The van der Waals surface area contributed by atoms with Gasteiger partial charge in [-0.3, -0.25) is 14.9 Å². The third-order valence-electron chi connectivity index (χ3n) is 2.98. The molecule has 2 N–H and O–H groups in total. The Morgan fingerprint density at radius 1 is 1.15 bits per heavy atom. The van der Waals surface area contributed by atoms with Gasteiger partial charge in [-0.1, -0.05) is 23.1 Å². The summed E-state index contributed by atoms with van der Waals surface area (Å²) >= 11 is 2.01. The number of halogens is 1. The second kappa shape index (κ2) is 8.72. The normalized spacial score (nSPS) is 11.5. The number of ketones is 1. The first-order valence-electron chi connectivity index (χ1n) is 7.31. The molecule has 1 aromatic heterocycles. The summed E-state index contributed by atoms with van der Waals surface area (Å²) in [5.74, 6) is -1.05. The van der Waals surface area contributed by atoms with Gasteiger partial charge in [0.25, 0.3) is 0 Å². The number of Topliss-reactive ketones (excluding diaryl/α,β-unsaturated/α-hetero) is 1. The van der Waals surface area contributed by atoms with Crippen molar-refractivity contribution in [1.82, 2.24) is 15.1 Å². The number of amides is 3. The molecule has 1 atom stereocenters. The van der Waals surface area contributed by atoms with E-state index in [1.807, 2.05) is 0 Å². The lowest BCUT2D eigenvalue weighted by atomic mass is 10.3. The van der Waals surface area contributed by atoms with Crippen LogP contribution in [0.4, 0.5) is 20.0 Å². The van der Waals surface area contributed by atoms with Crippen LogP contribution in [0.1, 0.15) is 6.92 Å². The van der Waals surface area contributed by atoms with Crippen LogP contribution in [0.2, 0.25) is 0 Å². The monoisotopic (exact) mass is 397 g/mol. The minimum Gasteiger partial charge on any atom is -0.347 e. The Morgan fingerprint density at radius 3 is 2.38 bits per heavy atom. The average molecular weight is 397 g/mol. The lowest BCUT2D eigenvalue weighted by molar-refractivity contribution is -0.132. The lowest BCUT2D eigenvalue weighted by Crippen LogP contribution is -2.35. The highest BCUT2D eigenvalue weighted by Gasteiger charge is 2.27. The summed E-state index contributed by atoms with van der Waals surface area (Å²) in [4.78, 5) is 37.0. The van der Waals surface area contributed by atoms with Crippen molar-refractivity contribution in [3.8, 4) is 0 Å². The molecular formula is C15H16FN5O3S2. The van der Waals surface area contributed by atoms with Gasteiger partial charge in [-0.2, -0.15) is 0 Å². The standard InChI is InChI=1S/C15H16FN5O3S2/c1-8(22)11(12(23)21(2)3)25-15-20-19-14(26-15)18-13(24)17-10-6-4-9(16)5-7-10/h4-7,11H,1-3H3,(H2,17,18,19,24)/t11-/m0/s1. The van der Waals surface area contributed by atoms with Crippen molar-refractivity contribution in [1.29, 1.82) is 0 Å². The van der Waals surface area contributed by atoms with Crippen molar-refractivity contribution in [2.75, 3.05) is 24.7 Å². The molecule has 0 fully saturated rings. The van der Waals surface area contributed by atoms with E-state index < -0.39 is 17.1 Å². The van der Waals surface area contributed by atoms with E-state index in [0.29, 0.717) is 10.0 Å². The Hall–Kier alpha value is -2.53. The number of anilines is 2. The number of thioether (sulfide) groups is 1. The molecule has 0 saturated heterocycles. The van der Waals surface area contributed by atoms with Crippen LogP contribution in [0.3, 0.4) is 0 Å². The molecule has 0 unspecified atom stereocenters. The predicted octanol–water partition coefficient (Wildman–Crippen LogP) is 2.46. The van der Waals surface area contributed by atoms with Crippen LogP contribution in [0.5, 0.6) is 0 Å². The SMILES string of the molecule is CC(=O)[C@H](Sc1nnc(NC(=O)Nc2ccc(F)cc2)s1)C(=O)N(C)C. The number of rotatable bonds is 6. The number of hydrogen-bond donors (Lipinski definition) is 2. The molecule has 8 nitrogen and oxygen atoms in total. The lowest BCUT2D eigenvalue weighted by Gasteiger charge is -2.16. The molecule has 0 saturated carbocycles. The maximum atomic E-state index is 12.8. The Balaban J connectivity index is 1.98. The molecule has 2 aromatic rings. The van der Waals surface area contributed by atoms with Crippen LogP contribution in [-0.2, 0) is 9.59 Å². The fraction of sp³-hybridized carbons (Fsp3) is 0.267. The number of carbonyl (C=O) groups excluding carboxylic acids is 3. The van der Waals surface area contributed by atoms with Gasteiger partial charge < -0.3 is 10.2 Å². The number of urea groups is 1. The van der Waals surface area contributed by atoms with Gasteiger partial charge >= 0.3 is 6.03 Å². The van der Waals surface area contributed by atoms with Gasteiger partial charge in [-0.25, -0.2) is 9.18 Å². The van der Waals surface area contributed by atoms with Crippen LogP contribution >= 0.6 is 23.1 Å². The highest BCUT2D eigenvalue weighted by atomic mass is 32.2. The van der Waals surface area contributed by atoms with Crippen molar-refractivity contribution >= 4 is 51.6 Å². The zero-order valence-electron chi connectivity index (χ0n) is 14.1. The summed E-state index contributed by atoms with van der Waals surface area (Å²) < 4.78 is 13.2. The molecular weight excluding hydrogens is 381 g/mol. The number of nitrogens with zero attached hydrogens (tertiary/aromatic N) is 3. The molecule has 3 amide bonds. The topological polar surface area (TPSA) is 104 Å². The summed E-state index contributed by atoms with van der Waals surface area (Å²) in [5.41, 5.74) is 0.413. The molecule has 0 aliphatic rings. The summed E-state index contributed by atoms with van der Waals surface area (Å²) in [6, 6.07) is 4.70. The maximum absolute atomic E-state index is 12.8. The molecule has 26 heavy (non-hydrogen) atoms. The predicted molar refractivity (Wildman–Crippen MR) is 98.0 cm³/mol. The maximum Gasteiger partial charge on any atom is 0.325 e. The first kappa shape index (κ1) is 19.8. The molecule has 0 aliphatic carbocycles. The zero-order valence-corrected chi connectivity index (χ0v) is 15.8. The fourth-order valence-corrected chi connectivity index (χ4v) is 3.70. The molecule has 11 heteroatoms. The van der Waals surface area contributed by atoms with Crippen LogP contribution in [0, 0.1) is 5.82 Å². The van der Waals surface area contributed by atoms with Crippen LogP contribution in [0.25, 0.3) is 0 Å². The van der Waals surface area contributed by atoms with E-state index in [1.165, 1.54) is 36.1 Å². The van der Waals surface area contributed by atoms with Crippen LogP contribution in [-0.4, -0.2) is 52.2 Å². The second-order valence-electron chi connectivity index (χ2n) is 5.30. The van der Waals surface area contributed by atoms with E-state index >= 15 is 0 Å². The molecule has 0 spiro atoms. The highest BCUT2D eigenvalue weighted by Crippen LogP contribution is 2.30. The van der Waals surface area contributed by atoms with Crippen molar-refractivity contribution in [2.45, 2.75) is 16.5 Å². The highest BCUT2D eigenvalue weighted by molar-refractivity contribution is 8.03. The van der Waals surface area contributed by atoms with Gasteiger partial charge in [0.05, 0.1) is 0 Å². The van der Waals surface area contributed by atoms with E-state index in [9.17, 15) is 18.8 Å². The summed E-state index contributed by atoms with van der Waals surface area (Å²) in [5, 5.41) is 12.0. The first-order chi connectivity index (χ1) is 12.3. The summed E-state index contributed by atoms with van der Waals surface area (Å²) in [6.45, 7) is 1.33. The van der Waals surface area contributed by atoms with Crippen LogP contribution < -0.4 is 10.6 Å². The van der Waals surface area contributed by atoms with E-state index in [-0.39, 0.29) is 16.8 Å². The quantitative estimate of drug-likeness (QED) is 0.441. The Kier molecular flexibility index (Phi) is 6.64. The fourth-order valence-electron chi connectivity index (χ4n) is 1.74. The van der Waals surface area contributed by atoms with Crippen molar-refractivity contribution in [3.63, 3.8) is 0 Å². The molecule has 2 rings (SSSR count). The van der Waals surface area contributed by atoms with E-state index in [2.05, 4.69) is 20.8 Å². The Morgan fingerprint density at radius 2 is 1.81 bits per heavy atom. The van der Waals surface area contributed by atoms with Crippen molar-refractivity contribution in [3.05, 3.63) is 30.1 Å². The number of aromatic nitrogens is 2. The number of nitrogens with one attached hydrogen (secondary N) is 2.